The summed E-state index contributed by atoms with van der Waals surface area (Å²) in [5, 5.41) is 0. The second-order valence-corrected chi connectivity index (χ2v) is 6.00. The van der Waals surface area contributed by atoms with Gasteiger partial charge in [0, 0.05) is 31.9 Å². The van der Waals surface area contributed by atoms with Crippen LogP contribution in [0.5, 0.6) is 0 Å². The molecule has 0 radical (unpaired) electrons. The highest BCUT2D eigenvalue weighted by Gasteiger charge is 2.27. The third kappa shape index (κ3) is 2.99. The summed E-state index contributed by atoms with van der Waals surface area (Å²) in [4.78, 5) is 28.6. The van der Waals surface area contributed by atoms with Gasteiger partial charge in [-0.1, -0.05) is 12.1 Å². The first-order valence-corrected chi connectivity index (χ1v) is 7.97. The predicted molar refractivity (Wildman–Crippen MR) is 90.8 cm³/mol. The average molecular weight is 327 g/mol. The van der Waals surface area contributed by atoms with Gasteiger partial charge in [0.2, 0.25) is 0 Å². The number of aryl methyl sites for hydroxylation is 2. The minimum absolute atomic E-state index is 0.0457. The van der Waals surface area contributed by atoms with Crippen LogP contribution >= 0.6 is 0 Å². The zero-order valence-corrected chi connectivity index (χ0v) is 13.9. The Hall–Kier alpha value is -2.76. The van der Waals surface area contributed by atoms with Gasteiger partial charge in [-0.05, 0) is 32.0 Å². The number of hydrogen-bond acceptors (Lipinski definition) is 4. The van der Waals surface area contributed by atoms with Crippen molar-refractivity contribution in [2.75, 3.05) is 31.9 Å². The van der Waals surface area contributed by atoms with E-state index in [9.17, 15) is 9.59 Å². The van der Waals surface area contributed by atoms with Crippen molar-refractivity contribution in [3.05, 3.63) is 53.0 Å². The predicted octanol–water partition coefficient (Wildman–Crippen LogP) is 2.08. The molecule has 1 aromatic heterocycles. The molecule has 2 heterocycles. The van der Waals surface area contributed by atoms with E-state index in [1.54, 1.807) is 47.1 Å². The second-order valence-electron chi connectivity index (χ2n) is 6.00. The van der Waals surface area contributed by atoms with Gasteiger partial charge >= 0.3 is 0 Å². The topological polar surface area (TPSA) is 79.8 Å². The van der Waals surface area contributed by atoms with E-state index in [1.807, 2.05) is 6.92 Å². The first kappa shape index (κ1) is 16.1. The number of nitrogen functional groups attached to an aromatic ring is 1. The highest BCUT2D eigenvalue weighted by Crippen LogP contribution is 2.19. The van der Waals surface area contributed by atoms with Crippen LogP contribution in [0.1, 0.15) is 32.2 Å². The maximum absolute atomic E-state index is 12.6. The standard InChI is InChI=1S/C18H21N3O3/c1-12-11-15(13(2)24-12)18(23)21-9-7-20(8-10-21)17(22)14-5-3-4-6-16(14)19/h3-6,11H,7-10,19H2,1-2H3. The molecule has 1 saturated heterocycles. The number of rotatable bonds is 2. The molecule has 126 valence electrons. The molecule has 3 rings (SSSR count). The normalized spacial score (nSPS) is 14.8. The lowest BCUT2D eigenvalue weighted by molar-refractivity contribution is 0.0535. The van der Waals surface area contributed by atoms with E-state index >= 15 is 0 Å². The van der Waals surface area contributed by atoms with Crippen molar-refractivity contribution in [3.8, 4) is 0 Å². The van der Waals surface area contributed by atoms with Gasteiger partial charge in [-0.2, -0.15) is 0 Å². The third-order valence-corrected chi connectivity index (χ3v) is 4.32. The zero-order chi connectivity index (χ0) is 17.3. The van der Waals surface area contributed by atoms with Crippen LogP contribution in [0.3, 0.4) is 0 Å². The van der Waals surface area contributed by atoms with Crippen molar-refractivity contribution in [2.24, 2.45) is 0 Å². The fourth-order valence-electron chi connectivity index (χ4n) is 2.99. The molecule has 2 aromatic rings. The van der Waals surface area contributed by atoms with Crippen molar-refractivity contribution in [1.82, 2.24) is 9.80 Å². The number of hydrogen-bond donors (Lipinski definition) is 1. The summed E-state index contributed by atoms with van der Waals surface area (Å²) in [7, 11) is 0. The zero-order valence-electron chi connectivity index (χ0n) is 13.9. The quantitative estimate of drug-likeness (QED) is 0.857. The Balaban J connectivity index is 1.66. The van der Waals surface area contributed by atoms with Crippen molar-refractivity contribution >= 4 is 17.5 Å². The molecule has 1 aromatic carbocycles. The summed E-state index contributed by atoms with van der Waals surface area (Å²) in [6.45, 7) is 5.61. The third-order valence-electron chi connectivity index (χ3n) is 4.32. The van der Waals surface area contributed by atoms with E-state index in [0.29, 0.717) is 48.8 Å². The molecule has 24 heavy (non-hydrogen) atoms. The Kier molecular flexibility index (Phi) is 4.29. The van der Waals surface area contributed by atoms with Crippen LogP contribution in [-0.2, 0) is 0 Å². The Morgan fingerprint density at radius 2 is 1.50 bits per heavy atom. The molecule has 1 aliphatic rings. The van der Waals surface area contributed by atoms with Crippen molar-refractivity contribution in [2.45, 2.75) is 13.8 Å². The maximum atomic E-state index is 12.6. The lowest BCUT2D eigenvalue weighted by atomic mass is 10.1. The largest absolute Gasteiger partial charge is 0.466 e. The summed E-state index contributed by atoms with van der Waals surface area (Å²) in [6, 6.07) is 8.81. The monoisotopic (exact) mass is 327 g/mol. The molecular weight excluding hydrogens is 306 g/mol. The van der Waals surface area contributed by atoms with Gasteiger partial charge in [-0.25, -0.2) is 0 Å². The van der Waals surface area contributed by atoms with Crippen LogP contribution in [0.2, 0.25) is 0 Å². The molecule has 6 heteroatoms. The molecule has 0 spiro atoms. The van der Waals surface area contributed by atoms with Gasteiger partial charge < -0.3 is 20.0 Å². The van der Waals surface area contributed by atoms with E-state index < -0.39 is 0 Å². The Morgan fingerprint density at radius 3 is 2.00 bits per heavy atom. The van der Waals surface area contributed by atoms with E-state index in [0.717, 1.165) is 5.76 Å². The minimum atomic E-state index is -0.0875. The molecule has 2 N–H and O–H groups in total. The molecular formula is C18H21N3O3. The van der Waals surface area contributed by atoms with Gasteiger partial charge in [0.1, 0.15) is 11.5 Å². The lowest BCUT2D eigenvalue weighted by Gasteiger charge is -2.35. The molecule has 6 nitrogen and oxygen atoms in total. The van der Waals surface area contributed by atoms with Gasteiger partial charge in [0.05, 0.1) is 11.1 Å². The molecule has 0 aliphatic carbocycles. The van der Waals surface area contributed by atoms with Crippen LogP contribution in [0.4, 0.5) is 5.69 Å². The molecule has 0 atom stereocenters. The Labute approximate surface area is 140 Å². The number of para-hydroxylation sites is 1. The smallest absolute Gasteiger partial charge is 0.257 e. The number of nitrogens with two attached hydrogens (primary N) is 1. The van der Waals surface area contributed by atoms with Crippen LogP contribution in [0, 0.1) is 13.8 Å². The number of nitrogens with zero attached hydrogens (tertiary/aromatic N) is 2. The van der Waals surface area contributed by atoms with Crippen LogP contribution in [0.25, 0.3) is 0 Å². The van der Waals surface area contributed by atoms with Gasteiger partial charge in [-0.15, -0.1) is 0 Å². The van der Waals surface area contributed by atoms with E-state index in [4.69, 9.17) is 10.2 Å². The van der Waals surface area contributed by atoms with Crippen molar-refractivity contribution in [1.29, 1.82) is 0 Å². The van der Waals surface area contributed by atoms with Gasteiger partial charge in [0.25, 0.3) is 11.8 Å². The van der Waals surface area contributed by atoms with E-state index in [-0.39, 0.29) is 11.8 Å². The fourth-order valence-corrected chi connectivity index (χ4v) is 2.99. The Bertz CT molecular complexity index is 774. The number of carbonyl (C=O) groups is 2. The van der Waals surface area contributed by atoms with E-state index in [2.05, 4.69) is 0 Å². The summed E-state index contributed by atoms with van der Waals surface area (Å²) in [6.07, 6.45) is 0. The highest BCUT2D eigenvalue weighted by atomic mass is 16.3. The number of amides is 2. The maximum Gasteiger partial charge on any atom is 0.257 e. The van der Waals surface area contributed by atoms with E-state index in [1.165, 1.54) is 0 Å². The van der Waals surface area contributed by atoms with Gasteiger partial charge in [0.15, 0.2) is 0 Å². The van der Waals surface area contributed by atoms with Crippen molar-refractivity contribution in [3.63, 3.8) is 0 Å². The second kappa shape index (κ2) is 6.39. The minimum Gasteiger partial charge on any atom is -0.466 e. The number of benzene rings is 1. The Morgan fingerprint density at radius 1 is 0.958 bits per heavy atom. The molecule has 1 fully saturated rings. The summed E-state index contributed by atoms with van der Waals surface area (Å²) < 4.78 is 5.43. The molecule has 0 unspecified atom stereocenters. The number of furan rings is 1. The van der Waals surface area contributed by atoms with Crippen LogP contribution < -0.4 is 5.73 Å². The van der Waals surface area contributed by atoms with Gasteiger partial charge in [-0.3, -0.25) is 9.59 Å². The van der Waals surface area contributed by atoms with Crippen molar-refractivity contribution < 1.29 is 14.0 Å². The first-order valence-electron chi connectivity index (χ1n) is 7.97. The average Bonchev–Trinajstić information content (AvgIpc) is 2.92. The SMILES string of the molecule is Cc1cc(C(=O)N2CCN(C(=O)c3ccccc3N)CC2)c(C)o1. The van der Waals surface area contributed by atoms with Crippen LogP contribution in [0.15, 0.2) is 34.7 Å². The highest BCUT2D eigenvalue weighted by molar-refractivity contribution is 5.99. The fraction of sp³-hybridized carbons (Fsp3) is 0.333. The number of carbonyl (C=O) groups excluding carboxylic acids is 2. The number of piperazine rings is 1. The summed E-state index contributed by atoms with van der Waals surface area (Å²) in [5.74, 6) is 1.23. The summed E-state index contributed by atoms with van der Waals surface area (Å²) >= 11 is 0. The molecule has 0 bridgehead atoms. The van der Waals surface area contributed by atoms with Crippen LogP contribution in [-0.4, -0.2) is 47.8 Å². The number of anilines is 1. The molecule has 1 aliphatic heterocycles. The molecule has 0 saturated carbocycles. The lowest BCUT2D eigenvalue weighted by Crippen LogP contribution is -2.50. The molecule has 2 amide bonds. The summed E-state index contributed by atoms with van der Waals surface area (Å²) in [5.41, 5.74) is 7.46. The first-order chi connectivity index (χ1) is 11.5.